The van der Waals surface area contributed by atoms with E-state index in [9.17, 15) is 9.59 Å². The first-order chi connectivity index (χ1) is 14.5. The Balaban J connectivity index is 1.36. The lowest BCUT2D eigenvalue weighted by Crippen LogP contribution is -2.45. The standard InChI is InChI=1S/C23H31N5O2/c1-16-9-10-18(13-17(16)2)23(30)24-14-21(29)27-11-6-7-19(15-27)22-26-25-20-8-4-3-5-12-28(20)22/h9-10,13,19H,3-8,11-12,14-15H2,1-2H3,(H,24,30)/t19-/m0/s1. The van der Waals surface area contributed by atoms with Crippen LogP contribution >= 0.6 is 0 Å². The van der Waals surface area contributed by atoms with Gasteiger partial charge in [-0.15, -0.1) is 10.2 Å². The number of rotatable bonds is 4. The van der Waals surface area contributed by atoms with Crippen molar-refractivity contribution in [3.8, 4) is 0 Å². The normalized spacial score (nSPS) is 19.1. The van der Waals surface area contributed by atoms with E-state index < -0.39 is 0 Å². The lowest BCUT2D eigenvalue weighted by atomic mass is 9.97. The Morgan fingerprint density at radius 1 is 1.07 bits per heavy atom. The fourth-order valence-electron chi connectivity index (χ4n) is 4.48. The van der Waals surface area contributed by atoms with Crippen molar-refractivity contribution in [1.29, 1.82) is 0 Å². The second-order valence-corrected chi connectivity index (χ2v) is 8.60. The molecule has 4 rings (SSSR count). The number of carbonyl (C=O) groups excluding carboxylic acids is 2. The largest absolute Gasteiger partial charge is 0.343 e. The third kappa shape index (κ3) is 4.40. The maximum absolute atomic E-state index is 12.8. The number of benzene rings is 1. The summed E-state index contributed by atoms with van der Waals surface area (Å²) in [4.78, 5) is 27.1. The Kier molecular flexibility index (Phi) is 6.16. The molecule has 2 aliphatic heterocycles. The Morgan fingerprint density at radius 3 is 2.77 bits per heavy atom. The Labute approximate surface area is 177 Å². The van der Waals surface area contributed by atoms with E-state index >= 15 is 0 Å². The van der Waals surface area contributed by atoms with E-state index in [0.717, 1.165) is 61.5 Å². The summed E-state index contributed by atoms with van der Waals surface area (Å²) in [7, 11) is 0. The van der Waals surface area contributed by atoms with Crippen LogP contribution in [-0.2, 0) is 17.8 Å². The zero-order chi connectivity index (χ0) is 21.1. The molecule has 1 saturated heterocycles. The van der Waals surface area contributed by atoms with Crippen LogP contribution < -0.4 is 5.32 Å². The van der Waals surface area contributed by atoms with E-state index in [-0.39, 0.29) is 24.3 Å². The molecule has 0 saturated carbocycles. The van der Waals surface area contributed by atoms with E-state index in [4.69, 9.17) is 0 Å². The molecule has 0 bridgehead atoms. The molecule has 1 N–H and O–H groups in total. The van der Waals surface area contributed by atoms with Gasteiger partial charge in [0.15, 0.2) is 0 Å². The van der Waals surface area contributed by atoms with Crippen molar-refractivity contribution in [2.75, 3.05) is 19.6 Å². The number of aromatic nitrogens is 3. The van der Waals surface area contributed by atoms with Crippen molar-refractivity contribution < 1.29 is 9.59 Å². The van der Waals surface area contributed by atoms with Gasteiger partial charge in [-0.2, -0.15) is 0 Å². The predicted octanol–water partition coefficient (Wildman–Crippen LogP) is 2.76. The van der Waals surface area contributed by atoms with E-state index in [2.05, 4.69) is 20.1 Å². The van der Waals surface area contributed by atoms with Crippen molar-refractivity contribution in [2.24, 2.45) is 0 Å². The van der Waals surface area contributed by atoms with Crippen LogP contribution in [0.1, 0.15) is 71.2 Å². The Bertz CT molecular complexity index is 936. The van der Waals surface area contributed by atoms with Gasteiger partial charge in [-0.25, -0.2) is 0 Å². The summed E-state index contributed by atoms with van der Waals surface area (Å²) < 4.78 is 2.28. The number of hydrogen-bond acceptors (Lipinski definition) is 4. The number of amides is 2. The number of aryl methyl sites for hydroxylation is 3. The van der Waals surface area contributed by atoms with Gasteiger partial charge in [-0.05, 0) is 62.8 Å². The highest BCUT2D eigenvalue weighted by atomic mass is 16.2. The topological polar surface area (TPSA) is 80.1 Å². The fourth-order valence-corrected chi connectivity index (χ4v) is 4.48. The summed E-state index contributed by atoms with van der Waals surface area (Å²) >= 11 is 0. The number of hydrogen-bond donors (Lipinski definition) is 1. The lowest BCUT2D eigenvalue weighted by molar-refractivity contribution is -0.131. The van der Waals surface area contributed by atoms with Crippen LogP contribution in [0.4, 0.5) is 0 Å². The zero-order valence-corrected chi connectivity index (χ0v) is 18.0. The predicted molar refractivity (Wildman–Crippen MR) is 114 cm³/mol. The van der Waals surface area contributed by atoms with Gasteiger partial charge in [0.05, 0.1) is 6.54 Å². The van der Waals surface area contributed by atoms with Gasteiger partial charge in [0, 0.05) is 37.5 Å². The molecule has 2 aliphatic rings. The van der Waals surface area contributed by atoms with Crippen LogP contribution in [0.2, 0.25) is 0 Å². The van der Waals surface area contributed by atoms with Crippen molar-refractivity contribution >= 4 is 11.8 Å². The molecule has 1 atom stereocenters. The molecular weight excluding hydrogens is 378 g/mol. The second-order valence-electron chi connectivity index (χ2n) is 8.60. The molecule has 7 nitrogen and oxygen atoms in total. The van der Waals surface area contributed by atoms with Gasteiger partial charge < -0.3 is 14.8 Å². The van der Waals surface area contributed by atoms with Crippen LogP contribution in [0.5, 0.6) is 0 Å². The monoisotopic (exact) mass is 409 g/mol. The molecule has 1 fully saturated rings. The molecule has 30 heavy (non-hydrogen) atoms. The van der Waals surface area contributed by atoms with Crippen LogP contribution in [0.25, 0.3) is 0 Å². The summed E-state index contributed by atoms with van der Waals surface area (Å²) in [5, 5.41) is 11.7. The van der Waals surface area contributed by atoms with Crippen molar-refractivity contribution in [3.05, 3.63) is 46.5 Å². The molecule has 0 aliphatic carbocycles. The number of carbonyl (C=O) groups is 2. The minimum atomic E-state index is -0.206. The van der Waals surface area contributed by atoms with Gasteiger partial charge in [-0.3, -0.25) is 9.59 Å². The number of likely N-dealkylation sites (tertiary alicyclic amines) is 1. The summed E-state index contributed by atoms with van der Waals surface area (Å²) in [5.41, 5.74) is 2.81. The van der Waals surface area contributed by atoms with Crippen LogP contribution in [0.3, 0.4) is 0 Å². The molecule has 1 aromatic carbocycles. The van der Waals surface area contributed by atoms with Crippen LogP contribution in [0.15, 0.2) is 18.2 Å². The number of fused-ring (bicyclic) bond motifs is 1. The zero-order valence-electron chi connectivity index (χ0n) is 18.0. The second kappa shape index (κ2) is 8.98. The molecule has 160 valence electrons. The first kappa shape index (κ1) is 20.6. The quantitative estimate of drug-likeness (QED) is 0.842. The SMILES string of the molecule is Cc1ccc(C(=O)NCC(=O)N2CCC[C@H](c3nnc4n3CCCCC4)C2)cc1C. The first-order valence-electron chi connectivity index (χ1n) is 11.1. The average Bonchev–Trinajstić information content (AvgIpc) is 3.02. The minimum Gasteiger partial charge on any atom is -0.343 e. The van der Waals surface area contributed by atoms with Gasteiger partial charge >= 0.3 is 0 Å². The van der Waals surface area contributed by atoms with Crippen LogP contribution in [0, 0.1) is 13.8 Å². The highest BCUT2D eigenvalue weighted by molar-refractivity contribution is 5.96. The molecule has 0 unspecified atom stereocenters. The summed E-state index contributed by atoms with van der Waals surface area (Å²) in [6.45, 7) is 6.38. The minimum absolute atomic E-state index is 0.0242. The maximum atomic E-state index is 12.8. The van der Waals surface area contributed by atoms with Crippen molar-refractivity contribution in [3.63, 3.8) is 0 Å². The first-order valence-corrected chi connectivity index (χ1v) is 11.1. The highest BCUT2D eigenvalue weighted by Gasteiger charge is 2.29. The van der Waals surface area contributed by atoms with Gasteiger partial charge in [-0.1, -0.05) is 12.5 Å². The van der Waals surface area contributed by atoms with Gasteiger partial charge in [0.2, 0.25) is 5.91 Å². The highest BCUT2D eigenvalue weighted by Crippen LogP contribution is 2.28. The molecule has 2 aromatic rings. The molecule has 1 aromatic heterocycles. The summed E-state index contributed by atoms with van der Waals surface area (Å²) in [6, 6.07) is 5.60. The third-order valence-electron chi connectivity index (χ3n) is 6.45. The van der Waals surface area contributed by atoms with E-state index in [0.29, 0.717) is 12.1 Å². The van der Waals surface area contributed by atoms with E-state index in [1.54, 1.807) is 6.07 Å². The smallest absolute Gasteiger partial charge is 0.251 e. The van der Waals surface area contributed by atoms with Crippen molar-refractivity contribution in [1.82, 2.24) is 25.0 Å². The molecule has 3 heterocycles. The average molecular weight is 410 g/mol. The molecule has 0 radical (unpaired) electrons. The fraction of sp³-hybridized carbons (Fsp3) is 0.565. The number of nitrogens with one attached hydrogen (secondary N) is 1. The lowest BCUT2D eigenvalue weighted by Gasteiger charge is -2.32. The Morgan fingerprint density at radius 2 is 1.93 bits per heavy atom. The summed E-state index contributed by atoms with van der Waals surface area (Å²) in [6.07, 6.45) is 6.54. The van der Waals surface area contributed by atoms with Crippen LogP contribution in [-0.4, -0.2) is 51.1 Å². The third-order valence-corrected chi connectivity index (χ3v) is 6.45. The molecule has 2 amide bonds. The molecule has 0 spiro atoms. The van der Waals surface area contributed by atoms with Crippen molar-refractivity contribution in [2.45, 2.75) is 64.8 Å². The molecule has 7 heteroatoms. The maximum Gasteiger partial charge on any atom is 0.251 e. The number of nitrogens with zero attached hydrogens (tertiary/aromatic N) is 4. The summed E-state index contributed by atoms with van der Waals surface area (Å²) in [5.74, 6) is 2.10. The van der Waals surface area contributed by atoms with E-state index in [1.165, 1.54) is 12.8 Å². The van der Waals surface area contributed by atoms with Gasteiger partial charge in [0.1, 0.15) is 11.6 Å². The number of piperidine rings is 1. The van der Waals surface area contributed by atoms with E-state index in [1.807, 2.05) is 30.9 Å². The van der Waals surface area contributed by atoms with Gasteiger partial charge in [0.25, 0.3) is 5.91 Å². The Hall–Kier alpha value is -2.70. The molecular formula is C23H31N5O2.